The van der Waals surface area contributed by atoms with Crippen molar-refractivity contribution < 1.29 is 9.50 Å². The van der Waals surface area contributed by atoms with Crippen molar-refractivity contribution in [1.82, 2.24) is 4.98 Å². The Labute approximate surface area is 114 Å². The van der Waals surface area contributed by atoms with E-state index >= 15 is 0 Å². The van der Waals surface area contributed by atoms with Gasteiger partial charge in [0.05, 0.1) is 6.10 Å². The van der Waals surface area contributed by atoms with E-state index in [9.17, 15) is 9.50 Å². The summed E-state index contributed by atoms with van der Waals surface area (Å²) in [4.78, 5) is 3.85. The summed E-state index contributed by atoms with van der Waals surface area (Å²) in [5, 5.41) is 12.8. The molecule has 2 rings (SSSR count). The van der Waals surface area contributed by atoms with Gasteiger partial charge in [0.2, 0.25) is 5.95 Å². The smallest absolute Gasteiger partial charge is 0.215 e. The summed E-state index contributed by atoms with van der Waals surface area (Å²) in [6, 6.07) is 3.23. The van der Waals surface area contributed by atoms with E-state index in [1.807, 2.05) is 6.07 Å². The standard InChI is InChI=1S/C12H16FIN2O/c1-12(4-2-9(17)3-5-12)16-11-7-8(14)6-10(13)15-11/h6-7,9,17H,2-5H2,1H3,(H,15,16). The third-order valence-corrected chi connectivity index (χ3v) is 3.87. The zero-order chi connectivity index (χ0) is 12.5. The molecule has 1 aliphatic carbocycles. The minimum Gasteiger partial charge on any atom is -0.393 e. The number of halogens is 2. The number of anilines is 1. The fraction of sp³-hybridized carbons (Fsp3) is 0.583. The van der Waals surface area contributed by atoms with Gasteiger partial charge >= 0.3 is 0 Å². The van der Waals surface area contributed by atoms with Crippen LogP contribution in [0.1, 0.15) is 32.6 Å². The van der Waals surface area contributed by atoms with Crippen LogP contribution in [0.5, 0.6) is 0 Å². The van der Waals surface area contributed by atoms with Gasteiger partial charge in [-0.25, -0.2) is 4.98 Å². The summed E-state index contributed by atoms with van der Waals surface area (Å²) in [6.45, 7) is 2.10. The largest absolute Gasteiger partial charge is 0.393 e. The van der Waals surface area contributed by atoms with Crippen LogP contribution in [-0.4, -0.2) is 21.7 Å². The van der Waals surface area contributed by atoms with Crippen molar-refractivity contribution in [3.63, 3.8) is 0 Å². The molecule has 0 aliphatic heterocycles. The fourth-order valence-electron chi connectivity index (χ4n) is 2.20. The molecular formula is C12H16FIN2O. The molecule has 3 nitrogen and oxygen atoms in total. The van der Waals surface area contributed by atoms with E-state index in [0.29, 0.717) is 5.82 Å². The molecule has 1 aromatic rings. The number of hydrogen-bond acceptors (Lipinski definition) is 3. The zero-order valence-corrected chi connectivity index (χ0v) is 11.9. The first-order valence-corrected chi connectivity index (χ1v) is 6.84. The maximum Gasteiger partial charge on any atom is 0.215 e. The van der Waals surface area contributed by atoms with Crippen LogP contribution in [0.25, 0.3) is 0 Å². The number of rotatable bonds is 2. The Kier molecular flexibility index (Phi) is 3.87. The van der Waals surface area contributed by atoms with Gasteiger partial charge < -0.3 is 10.4 Å². The lowest BCUT2D eigenvalue weighted by Crippen LogP contribution is -2.40. The highest BCUT2D eigenvalue weighted by Gasteiger charge is 2.30. The first kappa shape index (κ1) is 13.0. The highest BCUT2D eigenvalue weighted by atomic mass is 127. The number of aliphatic hydroxyl groups is 1. The van der Waals surface area contributed by atoms with Gasteiger partial charge in [0.15, 0.2) is 0 Å². The molecule has 0 atom stereocenters. The lowest BCUT2D eigenvalue weighted by Gasteiger charge is -2.37. The Balaban J connectivity index is 2.09. The third kappa shape index (κ3) is 3.51. The van der Waals surface area contributed by atoms with Crippen LogP contribution in [0.4, 0.5) is 10.2 Å². The molecule has 5 heteroatoms. The quantitative estimate of drug-likeness (QED) is 0.637. The van der Waals surface area contributed by atoms with E-state index in [2.05, 4.69) is 39.8 Å². The average molecular weight is 350 g/mol. The van der Waals surface area contributed by atoms with Crippen LogP contribution in [-0.2, 0) is 0 Å². The van der Waals surface area contributed by atoms with Gasteiger partial charge in [-0.05, 0) is 61.3 Å². The van der Waals surface area contributed by atoms with Crippen LogP contribution in [0.15, 0.2) is 12.1 Å². The Bertz CT molecular complexity index is 385. The minimum absolute atomic E-state index is 0.0941. The van der Waals surface area contributed by atoms with Crippen LogP contribution < -0.4 is 5.32 Å². The van der Waals surface area contributed by atoms with Crippen molar-refractivity contribution in [3.05, 3.63) is 21.7 Å². The number of nitrogens with one attached hydrogen (secondary N) is 1. The van der Waals surface area contributed by atoms with Crippen molar-refractivity contribution in [2.45, 2.75) is 44.2 Å². The van der Waals surface area contributed by atoms with Crippen LogP contribution in [0, 0.1) is 9.52 Å². The second kappa shape index (κ2) is 5.06. The predicted octanol–water partition coefficient (Wildman–Crippen LogP) is 2.93. The molecule has 1 aromatic heterocycles. The summed E-state index contributed by atoms with van der Waals surface area (Å²) in [6.07, 6.45) is 3.14. The third-order valence-electron chi connectivity index (χ3n) is 3.25. The van der Waals surface area contributed by atoms with Crippen LogP contribution in [0.2, 0.25) is 0 Å². The number of hydrogen-bond donors (Lipinski definition) is 2. The molecular weight excluding hydrogens is 334 g/mol. The van der Waals surface area contributed by atoms with E-state index in [0.717, 1.165) is 29.3 Å². The van der Waals surface area contributed by atoms with Crippen LogP contribution >= 0.6 is 22.6 Å². The first-order chi connectivity index (χ1) is 7.97. The van der Waals surface area contributed by atoms with Gasteiger partial charge in [0, 0.05) is 15.2 Å². The Hall–Kier alpha value is -0.430. The molecule has 0 radical (unpaired) electrons. The van der Waals surface area contributed by atoms with E-state index < -0.39 is 5.95 Å². The maximum atomic E-state index is 13.2. The lowest BCUT2D eigenvalue weighted by molar-refractivity contribution is 0.108. The summed E-state index contributed by atoms with van der Waals surface area (Å²) in [5.41, 5.74) is -0.0941. The van der Waals surface area contributed by atoms with Gasteiger partial charge in [-0.15, -0.1) is 0 Å². The SMILES string of the molecule is CC1(Nc2cc(I)cc(F)n2)CCC(O)CC1. The molecule has 1 saturated carbocycles. The van der Waals surface area contributed by atoms with Gasteiger partial charge in [0.25, 0.3) is 0 Å². The highest BCUT2D eigenvalue weighted by molar-refractivity contribution is 14.1. The molecule has 1 aliphatic rings. The normalized spacial score (nSPS) is 29.1. The Morgan fingerprint density at radius 3 is 2.71 bits per heavy atom. The first-order valence-electron chi connectivity index (χ1n) is 5.76. The molecule has 1 fully saturated rings. The molecule has 17 heavy (non-hydrogen) atoms. The molecule has 2 N–H and O–H groups in total. The summed E-state index contributed by atoms with van der Waals surface area (Å²) in [5.74, 6) is 0.118. The monoisotopic (exact) mass is 350 g/mol. The molecule has 0 spiro atoms. The molecule has 1 heterocycles. The van der Waals surface area contributed by atoms with Crippen molar-refractivity contribution in [3.8, 4) is 0 Å². The number of aromatic nitrogens is 1. The number of aliphatic hydroxyl groups excluding tert-OH is 1. The van der Waals surface area contributed by atoms with Gasteiger partial charge in [-0.1, -0.05) is 0 Å². The van der Waals surface area contributed by atoms with Crippen molar-refractivity contribution >= 4 is 28.4 Å². The molecule has 0 aromatic carbocycles. The van der Waals surface area contributed by atoms with Gasteiger partial charge in [-0.2, -0.15) is 4.39 Å². The van der Waals surface area contributed by atoms with Crippen molar-refractivity contribution in [2.24, 2.45) is 0 Å². The van der Waals surface area contributed by atoms with Gasteiger partial charge in [0.1, 0.15) is 5.82 Å². The predicted molar refractivity (Wildman–Crippen MR) is 73.4 cm³/mol. The summed E-state index contributed by atoms with van der Waals surface area (Å²) in [7, 11) is 0. The molecule has 94 valence electrons. The minimum atomic E-state index is -0.459. The van der Waals surface area contributed by atoms with Crippen LogP contribution in [0.3, 0.4) is 0 Å². The van der Waals surface area contributed by atoms with E-state index in [-0.39, 0.29) is 11.6 Å². The lowest BCUT2D eigenvalue weighted by atomic mass is 9.82. The summed E-state index contributed by atoms with van der Waals surface area (Å²) >= 11 is 2.07. The highest BCUT2D eigenvalue weighted by Crippen LogP contribution is 2.31. The fourth-order valence-corrected chi connectivity index (χ4v) is 2.76. The average Bonchev–Trinajstić information content (AvgIpc) is 2.21. The van der Waals surface area contributed by atoms with E-state index in [4.69, 9.17) is 0 Å². The number of nitrogens with zero attached hydrogens (tertiary/aromatic N) is 1. The topological polar surface area (TPSA) is 45.2 Å². The van der Waals surface area contributed by atoms with Crippen molar-refractivity contribution in [1.29, 1.82) is 0 Å². The Morgan fingerprint density at radius 2 is 2.12 bits per heavy atom. The second-order valence-electron chi connectivity index (χ2n) is 4.91. The molecule has 0 amide bonds. The molecule has 0 bridgehead atoms. The molecule has 0 saturated heterocycles. The Morgan fingerprint density at radius 1 is 1.47 bits per heavy atom. The maximum absolute atomic E-state index is 13.2. The number of pyridine rings is 1. The second-order valence-corrected chi connectivity index (χ2v) is 6.16. The van der Waals surface area contributed by atoms with Crippen molar-refractivity contribution in [2.75, 3.05) is 5.32 Å². The van der Waals surface area contributed by atoms with Gasteiger partial charge in [-0.3, -0.25) is 0 Å². The van der Waals surface area contributed by atoms with E-state index in [1.165, 1.54) is 6.07 Å². The molecule has 0 unspecified atom stereocenters. The summed E-state index contributed by atoms with van der Waals surface area (Å²) < 4.78 is 14.0. The zero-order valence-electron chi connectivity index (χ0n) is 9.71. The van der Waals surface area contributed by atoms with E-state index in [1.54, 1.807) is 0 Å².